The largest absolute Gasteiger partial charge is 0.394 e. The lowest BCUT2D eigenvalue weighted by Gasteiger charge is -2.21. The molecule has 4 N–H and O–H groups in total. The summed E-state index contributed by atoms with van der Waals surface area (Å²) in [6.45, 7) is 4.24. The molecule has 0 aromatic heterocycles. The van der Waals surface area contributed by atoms with Gasteiger partial charge in [-0.15, -0.1) is 0 Å². The summed E-state index contributed by atoms with van der Waals surface area (Å²) in [5.41, 5.74) is 0. The minimum Gasteiger partial charge on any atom is -0.394 e. The van der Waals surface area contributed by atoms with Crippen LogP contribution in [-0.4, -0.2) is 46.1 Å². The molecule has 0 aromatic carbocycles. The summed E-state index contributed by atoms with van der Waals surface area (Å²) >= 11 is 0. The van der Waals surface area contributed by atoms with Crippen LogP contribution < -0.4 is 5.32 Å². The molecule has 0 aromatic rings. The van der Waals surface area contributed by atoms with Gasteiger partial charge in [-0.25, -0.2) is 0 Å². The fourth-order valence-corrected chi connectivity index (χ4v) is 10.2. The van der Waals surface area contributed by atoms with Crippen LogP contribution in [0.1, 0.15) is 348 Å². The Morgan fingerprint density at radius 3 is 0.946 bits per heavy atom. The third-order valence-corrected chi connectivity index (χ3v) is 15.3. The van der Waals surface area contributed by atoms with Crippen molar-refractivity contribution in [3.63, 3.8) is 0 Å². The summed E-state index contributed by atoms with van der Waals surface area (Å²) in [6, 6.07) is -0.771. The van der Waals surface area contributed by atoms with Crippen LogP contribution >= 0.6 is 0 Å². The molecule has 0 aliphatic heterocycles. The topological polar surface area (TPSA) is 89.8 Å². The van der Waals surface area contributed by atoms with E-state index in [1.165, 1.54) is 276 Å². The van der Waals surface area contributed by atoms with E-state index < -0.39 is 18.2 Å². The molecule has 5 nitrogen and oxygen atoms in total. The average Bonchev–Trinajstić information content (AvgIpc) is 3.40. The van der Waals surface area contributed by atoms with Gasteiger partial charge >= 0.3 is 0 Å². The highest BCUT2D eigenvalue weighted by molar-refractivity contribution is 5.76. The van der Waals surface area contributed by atoms with Crippen LogP contribution in [0.3, 0.4) is 0 Å². The number of unbranched alkanes of at least 4 members (excludes halogenated alkanes) is 44. The van der Waals surface area contributed by atoms with E-state index in [4.69, 9.17) is 0 Å². The summed E-state index contributed by atoms with van der Waals surface area (Å²) < 4.78 is 0. The van der Waals surface area contributed by atoms with E-state index in [9.17, 15) is 20.1 Å². The average molecular weight is 1040 g/mol. The predicted octanol–water partition coefficient (Wildman–Crippen LogP) is 21.3. The second-order valence-corrected chi connectivity index (χ2v) is 22.7. The molecule has 0 saturated carbocycles. The Kier molecular flexibility index (Phi) is 61.9. The fourth-order valence-electron chi connectivity index (χ4n) is 10.2. The van der Waals surface area contributed by atoms with Gasteiger partial charge in [0.2, 0.25) is 5.91 Å². The van der Waals surface area contributed by atoms with Crippen LogP contribution in [0, 0.1) is 0 Å². The van der Waals surface area contributed by atoms with Crippen LogP contribution in [0.25, 0.3) is 0 Å². The normalized spacial score (nSPS) is 13.5. The molecule has 0 fully saturated rings. The van der Waals surface area contributed by atoms with Crippen molar-refractivity contribution in [1.29, 1.82) is 0 Å². The minimum atomic E-state index is -0.963. The number of hydrogen-bond acceptors (Lipinski definition) is 4. The Balaban J connectivity index is 3.57. The first-order chi connectivity index (χ1) is 36.5. The smallest absolute Gasteiger partial charge is 0.222 e. The van der Waals surface area contributed by atoms with E-state index in [1.807, 2.05) is 6.08 Å². The molecule has 74 heavy (non-hydrogen) atoms. The summed E-state index contributed by atoms with van der Waals surface area (Å²) in [5, 5.41) is 33.5. The Bertz CT molecular complexity index is 1240. The lowest BCUT2D eigenvalue weighted by Crippen LogP contribution is -2.45. The number of aliphatic hydroxyl groups is 3. The number of carbonyl (C=O) groups is 1. The van der Waals surface area contributed by atoms with Crippen molar-refractivity contribution < 1.29 is 20.1 Å². The first kappa shape index (κ1) is 72.0. The molecule has 0 aliphatic rings. The molecule has 0 spiro atoms. The number of hydrogen-bond donors (Lipinski definition) is 4. The van der Waals surface area contributed by atoms with E-state index in [0.29, 0.717) is 6.42 Å². The Labute approximate surface area is 462 Å². The minimum absolute atomic E-state index is 0.00182. The van der Waals surface area contributed by atoms with E-state index in [1.54, 1.807) is 6.08 Å². The predicted molar refractivity (Wildman–Crippen MR) is 328 cm³/mol. The highest BCUT2D eigenvalue weighted by atomic mass is 16.3. The van der Waals surface area contributed by atoms with Gasteiger partial charge in [0, 0.05) is 0 Å². The SMILES string of the molecule is CCCCCCCCCCCCCCC/C=C\C/C=C\CCCCCCCCCCCCCCCCCC(O)CC(=O)NC(CO)C(O)/C=C/CC/C=C/CC/C=C/CCCCCCCCCCCCCCCC. The van der Waals surface area contributed by atoms with Crippen LogP contribution in [0.5, 0.6) is 0 Å². The van der Waals surface area contributed by atoms with Crippen molar-refractivity contribution in [1.82, 2.24) is 5.32 Å². The lowest BCUT2D eigenvalue weighted by atomic mass is 10.0. The van der Waals surface area contributed by atoms with Crippen LogP contribution in [0.4, 0.5) is 0 Å². The summed E-state index contributed by atoms with van der Waals surface area (Å²) in [5.74, 6) is -0.326. The molecule has 0 aliphatic carbocycles. The molecule has 0 rings (SSSR count). The van der Waals surface area contributed by atoms with E-state index in [2.05, 4.69) is 67.8 Å². The van der Waals surface area contributed by atoms with Gasteiger partial charge in [0.25, 0.3) is 0 Å². The Morgan fingerprint density at radius 1 is 0.351 bits per heavy atom. The third kappa shape index (κ3) is 59.3. The zero-order valence-corrected chi connectivity index (χ0v) is 49.7. The number of carbonyl (C=O) groups excluding carboxylic acids is 1. The zero-order chi connectivity index (χ0) is 53.6. The second kappa shape index (κ2) is 63.6. The summed E-state index contributed by atoms with van der Waals surface area (Å²) in [4.78, 5) is 12.6. The number of rotatable bonds is 61. The molecular formula is C69H129NO4. The fraction of sp³-hybridized carbons (Fsp3) is 0.841. The van der Waals surface area contributed by atoms with Crippen LogP contribution in [-0.2, 0) is 4.79 Å². The molecule has 0 saturated heterocycles. The summed E-state index contributed by atoms with van der Waals surface area (Å²) in [6.07, 6.45) is 87.4. The standard InChI is InChI=1S/C69H129NO4/c1-3-5-7-9-11-13-15-17-19-21-23-25-27-29-30-31-32-33-34-35-36-37-38-39-40-42-44-46-48-50-52-54-56-58-60-62-66(72)64-69(74)70-67(65-71)68(73)63-61-59-57-55-53-51-49-47-45-43-41-28-26-24-22-20-18-16-14-12-10-8-6-4-2/h30-31,33-34,45,47,53,55,61,63,66-68,71-73H,3-29,32,35-44,46,48-52,54,56-60,62,64-65H2,1-2H3,(H,70,74)/b31-30-,34-33-,47-45+,55-53+,63-61+. The van der Waals surface area contributed by atoms with Crippen molar-refractivity contribution in [2.45, 2.75) is 366 Å². The number of nitrogens with one attached hydrogen (secondary N) is 1. The maximum atomic E-state index is 12.6. The van der Waals surface area contributed by atoms with Gasteiger partial charge in [0.05, 0.1) is 31.3 Å². The molecular weight excluding hydrogens is 907 g/mol. The number of aliphatic hydroxyl groups excluding tert-OH is 3. The molecule has 434 valence electrons. The van der Waals surface area contributed by atoms with E-state index in [0.717, 1.165) is 44.9 Å². The van der Waals surface area contributed by atoms with Gasteiger partial charge < -0.3 is 20.6 Å². The molecule has 0 bridgehead atoms. The number of allylic oxidation sites excluding steroid dienone is 9. The van der Waals surface area contributed by atoms with Crippen LogP contribution in [0.15, 0.2) is 60.8 Å². The molecule has 3 atom stereocenters. The first-order valence-electron chi connectivity index (χ1n) is 33.1. The third-order valence-electron chi connectivity index (χ3n) is 15.3. The van der Waals surface area contributed by atoms with Crippen molar-refractivity contribution in [2.75, 3.05) is 6.61 Å². The molecule has 0 heterocycles. The second-order valence-electron chi connectivity index (χ2n) is 22.7. The van der Waals surface area contributed by atoms with Gasteiger partial charge in [0.1, 0.15) is 0 Å². The van der Waals surface area contributed by atoms with Crippen molar-refractivity contribution in [2.24, 2.45) is 0 Å². The lowest BCUT2D eigenvalue weighted by molar-refractivity contribution is -0.124. The Hall–Kier alpha value is -1.95. The van der Waals surface area contributed by atoms with Gasteiger partial charge in [0.15, 0.2) is 0 Å². The maximum absolute atomic E-state index is 12.6. The highest BCUT2D eigenvalue weighted by Crippen LogP contribution is 2.18. The molecule has 1 amide bonds. The highest BCUT2D eigenvalue weighted by Gasteiger charge is 2.20. The van der Waals surface area contributed by atoms with E-state index in [-0.39, 0.29) is 18.9 Å². The maximum Gasteiger partial charge on any atom is 0.222 e. The monoisotopic (exact) mass is 1040 g/mol. The Morgan fingerprint density at radius 2 is 0.622 bits per heavy atom. The quantitative estimate of drug-likeness (QED) is 0.0361. The zero-order valence-electron chi connectivity index (χ0n) is 49.7. The van der Waals surface area contributed by atoms with Crippen LogP contribution in [0.2, 0.25) is 0 Å². The molecule has 0 radical (unpaired) electrons. The molecule has 5 heteroatoms. The van der Waals surface area contributed by atoms with Gasteiger partial charge in [-0.3, -0.25) is 4.79 Å². The van der Waals surface area contributed by atoms with Gasteiger partial charge in [-0.05, 0) is 77.0 Å². The van der Waals surface area contributed by atoms with Crippen molar-refractivity contribution >= 4 is 5.91 Å². The van der Waals surface area contributed by atoms with Gasteiger partial charge in [-0.1, -0.05) is 325 Å². The first-order valence-corrected chi connectivity index (χ1v) is 33.1. The van der Waals surface area contributed by atoms with Crippen molar-refractivity contribution in [3.05, 3.63) is 60.8 Å². The summed E-state index contributed by atoms with van der Waals surface area (Å²) in [7, 11) is 0. The number of amides is 1. The van der Waals surface area contributed by atoms with Crippen molar-refractivity contribution in [3.8, 4) is 0 Å². The molecule has 3 unspecified atom stereocenters. The van der Waals surface area contributed by atoms with Gasteiger partial charge in [-0.2, -0.15) is 0 Å². The van der Waals surface area contributed by atoms with E-state index >= 15 is 0 Å².